The fourth-order valence-corrected chi connectivity index (χ4v) is 3.24. The molecule has 0 spiro atoms. The van der Waals surface area contributed by atoms with Crippen molar-refractivity contribution < 1.29 is 4.79 Å². The predicted octanol–water partition coefficient (Wildman–Crippen LogP) is 4.62. The van der Waals surface area contributed by atoms with Gasteiger partial charge in [0.2, 0.25) is 5.91 Å². The van der Waals surface area contributed by atoms with Crippen molar-refractivity contribution in [1.82, 2.24) is 0 Å². The highest BCUT2D eigenvalue weighted by atomic mass is 35.5. The minimum Gasteiger partial charge on any atom is -0.373 e. The first-order valence-corrected chi connectivity index (χ1v) is 7.48. The maximum absolute atomic E-state index is 12.3. The first-order valence-electron chi connectivity index (χ1n) is 6.34. The Balaban J connectivity index is 1.77. The lowest BCUT2D eigenvalue weighted by Gasteiger charge is -2.14. The van der Waals surface area contributed by atoms with Crippen LogP contribution >= 0.6 is 34.8 Å². The number of benzene rings is 2. The number of rotatable bonds is 2. The first-order chi connectivity index (χ1) is 10.0. The second kappa shape index (κ2) is 5.76. The number of anilines is 2. The molecule has 0 radical (unpaired) electrons. The molecule has 2 aromatic rings. The second-order valence-electron chi connectivity index (χ2n) is 4.79. The number of fused-ring (bicyclic) bond motifs is 1. The molecule has 108 valence electrons. The van der Waals surface area contributed by atoms with Crippen LogP contribution in [0.15, 0.2) is 36.4 Å². The standard InChI is InChI=1S/C15H11Cl3N2O/c16-9-6-10(17)14(11(18)7-9)20-15(21)13-5-8-3-1-2-4-12(8)19-13/h1-4,6-7,13,19H,5H2,(H,20,21)/t13-/m0/s1. The normalized spacial score (nSPS) is 16.2. The van der Waals surface area contributed by atoms with Crippen LogP contribution in [0.25, 0.3) is 0 Å². The minimum absolute atomic E-state index is 0.183. The topological polar surface area (TPSA) is 41.1 Å². The average Bonchev–Trinajstić information content (AvgIpc) is 2.86. The van der Waals surface area contributed by atoms with Crippen molar-refractivity contribution in [2.75, 3.05) is 10.6 Å². The molecule has 21 heavy (non-hydrogen) atoms. The van der Waals surface area contributed by atoms with E-state index >= 15 is 0 Å². The maximum atomic E-state index is 12.3. The summed E-state index contributed by atoms with van der Waals surface area (Å²) in [7, 11) is 0. The summed E-state index contributed by atoms with van der Waals surface area (Å²) in [6.07, 6.45) is 0.630. The minimum atomic E-state index is -0.342. The molecule has 1 heterocycles. The Morgan fingerprint density at radius 1 is 1.14 bits per heavy atom. The van der Waals surface area contributed by atoms with Gasteiger partial charge in [-0.1, -0.05) is 53.0 Å². The number of nitrogens with one attached hydrogen (secondary N) is 2. The van der Waals surface area contributed by atoms with Crippen molar-refractivity contribution in [3.8, 4) is 0 Å². The number of hydrogen-bond donors (Lipinski definition) is 2. The quantitative estimate of drug-likeness (QED) is 0.836. The van der Waals surface area contributed by atoms with Gasteiger partial charge in [-0.05, 0) is 23.8 Å². The van der Waals surface area contributed by atoms with E-state index < -0.39 is 0 Å². The van der Waals surface area contributed by atoms with Gasteiger partial charge in [0.15, 0.2) is 0 Å². The molecule has 2 aromatic carbocycles. The van der Waals surface area contributed by atoms with E-state index in [0.29, 0.717) is 27.2 Å². The van der Waals surface area contributed by atoms with Gasteiger partial charge in [-0.25, -0.2) is 0 Å². The van der Waals surface area contributed by atoms with E-state index in [1.807, 2.05) is 24.3 Å². The van der Waals surface area contributed by atoms with Crippen LogP contribution in [0.4, 0.5) is 11.4 Å². The van der Waals surface area contributed by atoms with Gasteiger partial charge in [-0.3, -0.25) is 4.79 Å². The number of para-hydroxylation sites is 1. The third kappa shape index (κ3) is 2.95. The molecule has 0 saturated carbocycles. The van der Waals surface area contributed by atoms with Crippen LogP contribution in [0.1, 0.15) is 5.56 Å². The molecule has 1 aliphatic heterocycles. The lowest BCUT2D eigenvalue weighted by molar-refractivity contribution is -0.116. The van der Waals surface area contributed by atoms with Crippen LogP contribution < -0.4 is 10.6 Å². The Labute approximate surface area is 137 Å². The highest BCUT2D eigenvalue weighted by molar-refractivity contribution is 6.42. The third-order valence-electron chi connectivity index (χ3n) is 3.34. The molecule has 0 aromatic heterocycles. The van der Waals surface area contributed by atoms with E-state index in [4.69, 9.17) is 34.8 Å². The highest BCUT2D eigenvalue weighted by Crippen LogP contribution is 2.34. The molecule has 2 N–H and O–H groups in total. The molecule has 3 nitrogen and oxygen atoms in total. The van der Waals surface area contributed by atoms with Crippen LogP contribution in [-0.4, -0.2) is 11.9 Å². The van der Waals surface area contributed by atoms with Crippen molar-refractivity contribution in [2.45, 2.75) is 12.5 Å². The smallest absolute Gasteiger partial charge is 0.247 e. The SMILES string of the molecule is O=C(Nc1c(Cl)cc(Cl)cc1Cl)[C@@H]1Cc2ccccc2N1. The molecule has 1 aliphatic rings. The van der Waals surface area contributed by atoms with Gasteiger partial charge in [0.1, 0.15) is 6.04 Å². The predicted molar refractivity (Wildman–Crippen MR) is 87.7 cm³/mol. The van der Waals surface area contributed by atoms with Gasteiger partial charge in [-0.15, -0.1) is 0 Å². The molecular formula is C15H11Cl3N2O. The van der Waals surface area contributed by atoms with Gasteiger partial charge in [-0.2, -0.15) is 0 Å². The van der Waals surface area contributed by atoms with Gasteiger partial charge in [0.25, 0.3) is 0 Å². The van der Waals surface area contributed by atoms with E-state index in [1.54, 1.807) is 12.1 Å². The lowest BCUT2D eigenvalue weighted by Crippen LogP contribution is -2.33. The van der Waals surface area contributed by atoms with Crippen LogP contribution in [0.3, 0.4) is 0 Å². The van der Waals surface area contributed by atoms with Gasteiger partial charge in [0.05, 0.1) is 15.7 Å². The number of carbonyl (C=O) groups excluding carboxylic acids is 1. The fraction of sp³-hybridized carbons (Fsp3) is 0.133. The van der Waals surface area contributed by atoms with Crippen LogP contribution in [0.2, 0.25) is 15.1 Å². The molecule has 0 saturated heterocycles. The Bertz CT molecular complexity index is 670. The van der Waals surface area contributed by atoms with Crippen LogP contribution in [0, 0.1) is 0 Å². The number of amides is 1. The van der Waals surface area contributed by atoms with Crippen molar-refractivity contribution in [3.05, 3.63) is 57.0 Å². The van der Waals surface area contributed by atoms with E-state index in [2.05, 4.69) is 10.6 Å². The van der Waals surface area contributed by atoms with Crippen LogP contribution in [-0.2, 0) is 11.2 Å². The first kappa shape index (κ1) is 14.5. The summed E-state index contributed by atoms with van der Waals surface area (Å²) in [5, 5.41) is 7.00. The number of halogens is 3. The molecule has 1 amide bonds. The lowest BCUT2D eigenvalue weighted by atomic mass is 10.1. The Hall–Kier alpha value is -1.42. The molecule has 3 rings (SSSR count). The van der Waals surface area contributed by atoms with Crippen molar-refractivity contribution in [2.24, 2.45) is 0 Å². The molecule has 0 aliphatic carbocycles. The summed E-state index contributed by atoms with van der Waals surface area (Å²) in [5.41, 5.74) is 2.47. The second-order valence-corrected chi connectivity index (χ2v) is 6.04. The Morgan fingerprint density at radius 3 is 2.48 bits per heavy atom. The zero-order valence-corrected chi connectivity index (χ0v) is 13.1. The number of hydrogen-bond acceptors (Lipinski definition) is 2. The summed E-state index contributed by atoms with van der Waals surface area (Å²) in [4.78, 5) is 12.3. The summed E-state index contributed by atoms with van der Waals surface area (Å²) in [6.45, 7) is 0. The Kier molecular flexibility index (Phi) is 3.98. The van der Waals surface area contributed by atoms with E-state index in [0.717, 1.165) is 11.3 Å². The summed E-state index contributed by atoms with van der Waals surface area (Å²) in [5.74, 6) is -0.183. The largest absolute Gasteiger partial charge is 0.373 e. The van der Waals surface area contributed by atoms with Gasteiger partial charge >= 0.3 is 0 Å². The number of carbonyl (C=O) groups is 1. The fourth-order valence-electron chi connectivity index (χ4n) is 2.33. The van der Waals surface area contributed by atoms with E-state index in [1.165, 1.54) is 0 Å². The molecule has 0 bridgehead atoms. The molecule has 1 atom stereocenters. The summed E-state index contributed by atoms with van der Waals surface area (Å²) >= 11 is 18.0. The molecule has 6 heteroatoms. The maximum Gasteiger partial charge on any atom is 0.247 e. The monoisotopic (exact) mass is 340 g/mol. The molecule has 0 unspecified atom stereocenters. The highest BCUT2D eigenvalue weighted by Gasteiger charge is 2.27. The van der Waals surface area contributed by atoms with E-state index in [-0.39, 0.29) is 11.9 Å². The third-order valence-corrected chi connectivity index (χ3v) is 4.16. The van der Waals surface area contributed by atoms with Crippen LogP contribution in [0.5, 0.6) is 0 Å². The van der Waals surface area contributed by atoms with Crippen molar-refractivity contribution >= 4 is 52.1 Å². The zero-order chi connectivity index (χ0) is 15.0. The van der Waals surface area contributed by atoms with E-state index in [9.17, 15) is 4.79 Å². The average molecular weight is 342 g/mol. The molecule has 0 fully saturated rings. The Morgan fingerprint density at radius 2 is 1.81 bits per heavy atom. The van der Waals surface area contributed by atoms with Gasteiger partial charge in [0, 0.05) is 17.1 Å². The molecular weight excluding hydrogens is 331 g/mol. The van der Waals surface area contributed by atoms with Gasteiger partial charge < -0.3 is 10.6 Å². The van der Waals surface area contributed by atoms with Crippen molar-refractivity contribution in [1.29, 1.82) is 0 Å². The zero-order valence-electron chi connectivity index (χ0n) is 10.8. The summed E-state index contributed by atoms with van der Waals surface area (Å²) < 4.78 is 0. The van der Waals surface area contributed by atoms with Crippen molar-refractivity contribution in [3.63, 3.8) is 0 Å². The summed E-state index contributed by atoms with van der Waals surface area (Å²) in [6, 6.07) is 10.6.